The van der Waals surface area contributed by atoms with Crippen molar-refractivity contribution in [3.63, 3.8) is 0 Å². The van der Waals surface area contributed by atoms with Gasteiger partial charge in [-0.15, -0.1) is 0 Å². The Morgan fingerprint density at radius 3 is 1.00 bits per heavy atom. The maximum absolute atomic E-state index is 12.0. The molecule has 2 aliphatic carbocycles. The summed E-state index contributed by atoms with van der Waals surface area (Å²) in [5, 5.41) is 118. The summed E-state index contributed by atoms with van der Waals surface area (Å²) in [4.78, 5) is 108. The fraction of sp³-hybridized carbons (Fsp3) is 0.500. The smallest absolute Gasteiger partial charge is 0.296 e. The van der Waals surface area contributed by atoms with E-state index in [0.29, 0.717) is 122 Å². The van der Waals surface area contributed by atoms with Crippen molar-refractivity contribution in [2.45, 2.75) is 64.3 Å². The van der Waals surface area contributed by atoms with E-state index in [9.17, 15) is 99.7 Å². The minimum Gasteiger partial charge on any atom is -0.508 e. The number of hydroxylamine groups is 2. The van der Waals surface area contributed by atoms with Gasteiger partial charge >= 0.3 is 0 Å². The Morgan fingerprint density at radius 2 is 0.679 bits per heavy atom. The zero-order chi connectivity index (χ0) is 98.3. The Bertz CT molecular complexity index is 5350. The Kier molecular flexibility index (Phi) is 44.0. The fourth-order valence-electron chi connectivity index (χ4n) is 14.0. The van der Waals surface area contributed by atoms with Gasteiger partial charge in [0.1, 0.15) is 44.6 Å². The average Bonchev–Trinajstić information content (AvgIpc) is 0.835. The number of aryl methyl sites for hydroxylation is 7. The first-order chi connectivity index (χ1) is 63.8. The number of aliphatic hydroxyl groups is 4. The summed E-state index contributed by atoms with van der Waals surface area (Å²) in [6.45, 7) is 11.7. The average molecular weight is 1880 g/mol. The van der Waals surface area contributed by atoms with Gasteiger partial charge in [0.25, 0.3) is 44.8 Å². The number of rotatable bonds is 49. The number of nitrogens with zero attached hydrogens (tertiary/aromatic N) is 14. The van der Waals surface area contributed by atoms with Gasteiger partial charge in [-0.25, -0.2) is 0 Å². The van der Waals surface area contributed by atoms with Crippen LogP contribution in [0.3, 0.4) is 0 Å². The third-order valence-electron chi connectivity index (χ3n) is 22.7. The van der Waals surface area contributed by atoms with Crippen LogP contribution in [0.15, 0.2) is 191 Å². The van der Waals surface area contributed by atoms with Gasteiger partial charge in [-0.3, -0.25) is 53.4 Å². The fourth-order valence-corrected chi connectivity index (χ4v) is 14.0. The van der Waals surface area contributed by atoms with Gasteiger partial charge in [0, 0.05) is 239 Å². The lowest BCUT2D eigenvalue weighted by Gasteiger charge is -2.33. The third-order valence-corrected chi connectivity index (χ3v) is 22.7. The number of hydrogen-bond acceptors (Lipinski definition) is 34. The van der Waals surface area contributed by atoms with Crippen LogP contribution in [0.5, 0.6) is 69.0 Å². The zero-order valence-corrected chi connectivity index (χ0v) is 78.0. The van der Waals surface area contributed by atoms with E-state index in [1.807, 2.05) is 45.8 Å². The molecule has 0 fully saturated rings. The number of pyridine rings is 7. The Balaban J connectivity index is 0.000000249. The van der Waals surface area contributed by atoms with E-state index >= 15 is 0 Å². The summed E-state index contributed by atoms with van der Waals surface area (Å²) in [6.07, 6.45) is 24.4. The summed E-state index contributed by atoms with van der Waals surface area (Å²) in [5.74, 6) is -2.08. The van der Waals surface area contributed by atoms with Crippen molar-refractivity contribution in [1.82, 2.24) is 66.4 Å². The second-order valence-electron chi connectivity index (χ2n) is 33.0. The molecule has 42 nitrogen and oxygen atoms in total. The first kappa shape index (κ1) is 108. The molecule has 134 heavy (non-hydrogen) atoms. The van der Waals surface area contributed by atoms with Gasteiger partial charge in [0.2, 0.25) is 28.7 Å². The molecule has 0 spiro atoms. The number of aromatic nitrogens is 7. The van der Waals surface area contributed by atoms with Crippen molar-refractivity contribution in [2.24, 2.45) is 52.5 Å². The van der Waals surface area contributed by atoms with Crippen molar-refractivity contribution in [2.75, 3.05) is 187 Å². The molecule has 1 amide bonds. The standard InChI is InChI=1S/C27H37N5O9.C26H37N5O9.C20H32N2O4.C19H26N2O6/c1-28(13-16-39-19-5-8-29(2)25(36)22(19)33)11-12-32(14-17-40-20-6-9-30(3)26(37)23(20)34)15-18-41-21-7-10-31(4)27(38)24(21)35;1-27(13-16-38-19-7-9-28(2)25(35)23(19)33)11-12-30(15-18-40-22-6-4-5-21(32)31(22)37)14-17-39-20-8-10-29(3)26(36)24(20)34;1-21(9-7-15-3-5-17(23)19(25)13-15)11-12-22(2)10-8-16-4-6-18(24)20(26)14-16;1-26-13-19(14-27-2,7-11-20-9-3-5-15(22)17(20)24)8-12-21-10-4-6-16(23)18(21)25/h5-10,33-35H,11-18H2,1-4H3;4,6-10,22,33-34,37H,5,11-18H2,1-3H3;3-6,15-16,23-26H,7-14H2,1-2H3;3-6,9-10,22-23H,7-8,11-14H2,1-2H3. The first-order valence-electron chi connectivity index (χ1n) is 43.7. The minimum atomic E-state index is -0.858. The highest BCUT2D eigenvalue weighted by molar-refractivity contribution is 5.78. The van der Waals surface area contributed by atoms with Gasteiger partial charge in [0.15, 0.2) is 58.0 Å². The number of allylic oxidation sites excluding steroid dienone is 6. The summed E-state index contributed by atoms with van der Waals surface area (Å²) in [6, 6.07) is 13.5. The van der Waals surface area contributed by atoms with Crippen LogP contribution in [-0.2, 0) is 67.3 Å². The molecular weight excluding hydrogens is 1750 g/mol. The summed E-state index contributed by atoms with van der Waals surface area (Å²) < 4.78 is 53.7. The highest BCUT2D eigenvalue weighted by atomic mass is 16.6. The van der Waals surface area contributed by atoms with Crippen molar-refractivity contribution < 1.29 is 104 Å². The molecule has 3 atom stereocenters. The summed E-state index contributed by atoms with van der Waals surface area (Å²) in [5.41, 5.74) is -4.10. The first-order valence-corrected chi connectivity index (χ1v) is 43.7. The van der Waals surface area contributed by atoms with Crippen LogP contribution in [0.25, 0.3) is 0 Å². The molecule has 7 aromatic rings. The van der Waals surface area contributed by atoms with Gasteiger partial charge in [0.05, 0.1) is 19.8 Å². The SMILES string of the molecule is CN(CCC1C=CC(O)=C(O)C1)CCN(C)CCC1C=CC(O)=C(O)C1.CN(CCOc1ccn(C)c(=O)c1O)CCN(CCOc1ccn(C)c(=O)c1O)CCOC1C=CCC(=O)N1O.CN(CCOc1ccn(C)c(=O)c1O)CCN(CCOc1ccn(C)c(=O)c1O)CCOc1ccn(C)c(=O)c1O.COCC(CCn1cccc(O)c1=O)(CCn1cccc(O)c1=O)COC. The van der Waals surface area contributed by atoms with Crippen LogP contribution >= 0.6 is 0 Å². The van der Waals surface area contributed by atoms with E-state index in [-0.39, 0.29) is 121 Å². The van der Waals surface area contributed by atoms with Crippen molar-refractivity contribution >= 4 is 5.91 Å². The molecule has 12 N–H and O–H groups in total. The number of ether oxygens (including phenoxy) is 8. The molecule has 3 unspecified atom stereocenters. The maximum atomic E-state index is 12.0. The van der Waals surface area contributed by atoms with Gasteiger partial charge in [-0.2, -0.15) is 5.06 Å². The van der Waals surface area contributed by atoms with Crippen LogP contribution < -0.4 is 62.6 Å². The number of aliphatic hydroxyl groups excluding tert-OH is 4. The van der Waals surface area contributed by atoms with Gasteiger partial charge in [-0.05, 0) is 121 Å². The summed E-state index contributed by atoms with van der Waals surface area (Å²) >= 11 is 0. The number of carbonyl (C=O) groups excluding carboxylic acids is 1. The number of hydrogen-bond donors (Lipinski definition) is 12. The highest BCUT2D eigenvalue weighted by Gasteiger charge is 2.32. The predicted molar refractivity (Wildman–Crippen MR) is 498 cm³/mol. The van der Waals surface area contributed by atoms with E-state index in [4.69, 9.17) is 37.9 Å². The van der Waals surface area contributed by atoms with Crippen LogP contribution in [-0.4, -0.2) is 327 Å². The normalized spacial score (nSPS) is 14.9. The largest absolute Gasteiger partial charge is 0.508 e. The second-order valence-corrected chi connectivity index (χ2v) is 33.0. The Labute approximate surface area is 775 Å². The highest BCUT2D eigenvalue weighted by Crippen LogP contribution is 2.31. The number of carbonyl (C=O) groups is 1. The molecule has 42 heteroatoms. The van der Waals surface area contributed by atoms with Crippen LogP contribution in [0.2, 0.25) is 0 Å². The summed E-state index contributed by atoms with van der Waals surface area (Å²) in [7, 11) is 18.8. The monoisotopic (exact) mass is 1880 g/mol. The number of aromatic hydroxyl groups is 7. The van der Waals surface area contributed by atoms with E-state index in [0.717, 1.165) is 39.0 Å². The van der Waals surface area contributed by atoms with Crippen molar-refractivity contribution in [1.29, 1.82) is 0 Å². The van der Waals surface area contributed by atoms with Crippen LogP contribution in [0.1, 0.15) is 44.9 Å². The quantitative estimate of drug-likeness (QED) is 0.0189. The molecule has 10 rings (SSSR count). The molecule has 0 saturated heterocycles. The lowest BCUT2D eigenvalue weighted by molar-refractivity contribution is -0.207. The van der Waals surface area contributed by atoms with Gasteiger partial charge < -0.3 is 146 Å². The molecule has 0 saturated carbocycles. The number of likely N-dealkylation sites (N-methyl/N-ethyl adjacent to an activating group) is 4. The van der Waals surface area contributed by atoms with E-state index < -0.39 is 85.2 Å². The topological polar surface area (TPSA) is 510 Å². The molecule has 8 heterocycles. The molecule has 738 valence electrons. The maximum Gasteiger partial charge on any atom is 0.296 e. The number of amides is 1. The molecule has 7 aromatic heterocycles. The molecule has 0 radical (unpaired) electrons. The Hall–Kier alpha value is -12.8. The molecule has 1 aliphatic heterocycles. The molecule has 0 aromatic carbocycles. The lowest BCUT2D eigenvalue weighted by atomic mass is 9.82. The minimum absolute atomic E-state index is 0.0111. The van der Waals surface area contributed by atoms with Crippen molar-refractivity contribution in [3.8, 4) is 69.0 Å². The predicted octanol–water partition coefficient (Wildman–Crippen LogP) is 4.00. The molecule has 0 bridgehead atoms. The van der Waals surface area contributed by atoms with Crippen LogP contribution in [0.4, 0.5) is 0 Å². The second kappa shape index (κ2) is 54.4. The lowest BCUT2D eigenvalue weighted by Crippen LogP contribution is -2.43. The van der Waals surface area contributed by atoms with E-state index in [2.05, 4.69) is 23.9 Å². The van der Waals surface area contributed by atoms with E-state index in [1.165, 1.54) is 141 Å². The third kappa shape index (κ3) is 34.0. The molecular formula is C92H132N14O28. The van der Waals surface area contributed by atoms with Crippen molar-refractivity contribution in [3.05, 3.63) is 230 Å². The van der Waals surface area contributed by atoms with E-state index in [1.54, 1.807) is 63.1 Å². The Morgan fingerprint density at radius 1 is 0.373 bits per heavy atom. The zero-order valence-electron chi connectivity index (χ0n) is 78.0. The molecule has 3 aliphatic rings. The number of methoxy groups -OCH3 is 2. The van der Waals surface area contributed by atoms with Crippen LogP contribution in [0, 0.1) is 17.3 Å². The van der Waals surface area contributed by atoms with Gasteiger partial charge in [-0.1, -0.05) is 18.2 Å².